The van der Waals surface area contributed by atoms with E-state index in [1.54, 1.807) is 7.11 Å². The molecule has 1 aromatic rings. The van der Waals surface area contributed by atoms with E-state index < -0.39 is 0 Å². The molecule has 1 heterocycles. The number of guanidine groups is 1. The van der Waals surface area contributed by atoms with Crippen LogP contribution >= 0.6 is 24.0 Å². The first kappa shape index (κ1) is 23.0. The summed E-state index contributed by atoms with van der Waals surface area (Å²) in [5.74, 6) is 2.46. The summed E-state index contributed by atoms with van der Waals surface area (Å²) in [5.41, 5.74) is 1.17. The molecule has 1 N–H and O–H groups in total. The fraction of sp³-hybridized carbons (Fsp3) is 0.650. The highest BCUT2D eigenvalue weighted by molar-refractivity contribution is 14.0. The molecular formula is C20H35IN4O. The van der Waals surface area contributed by atoms with Crippen LogP contribution in [0.15, 0.2) is 29.3 Å². The topological polar surface area (TPSA) is 40.1 Å². The first-order valence-corrected chi connectivity index (χ1v) is 9.47. The number of ether oxygens (including phenoxy) is 1. The van der Waals surface area contributed by atoms with Crippen LogP contribution in [-0.2, 0) is 6.54 Å². The second kappa shape index (κ2) is 12.4. The maximum absolute atomic E-state index is 5.47. The van der Waals surface area contributed by atoms with E-state index in [-0.39, 0.29) is 24.0 Å². The Hall–Kier alpha value is -1.02. The van der Waals surface area contributed by atoms with Gasteiger partial charge in [0.25, 0.3) is 0 Å². The summed E-state index contributed by atoms with van der Waals surface area (Å²) < 4.78 is 5.47. The number of nitrogens with zero attached hydrogens (tertiary/aromatic N) is 3. The van der Waals surface area contributed by atoms with E-state index in [0.29, 0.717) is 5.92 Å². The molecule has 0 aromatic heterocycles. The van der Waals surface area contributed by atoms with Crippen molar-refractivity contribution in [2.45, 2.75) is 33.2 Å². The number of hydrogen-bond donors (Lipinski definition) is 1. The van der Waals surface area contributed by atoms with Gasteiger partial charge in [-0.15, -0.1) is 24.0 Å². The van der Waals surface area contributed by atoms with Crippen molar-refractivity contribution in [3.63, 3.8) is 0 Å². The number of para-hydroxylation sites is 1. The standard InChI is InChI=1S/C20H34N4O.HI/c1-5-21-20(22-14-17(2)15-24-12-8-9-13-24)23(3)16-18-10-6-7-11-19(18)25-4;/h6-7,10-11,17H,5,8-9,12-16H2,1-4H3,(H,21,22);1H. The lowest BCUT2D eigenvalue weighted by Gasteiger charge is -2.24. The Morgan fingerprint density at radius 1 is 1.31 bits per heavy atom. The zero-order valence-corrected chi connectivity index (χ0v) is 19.0. The van der Waals surface area contributed by atoms with Crippen LogP contribution in [0.25, 0.3) is 0 Å². The number of hydrogen-bond acceptors (Lipinski definition) is 3. The summed E-state index contributed by atoms with van der Waals surface area (Å²) in [6, 6.07) is 8.16. The molecule has 1 fully saturated rings. The molecular weight excluding hydrogens is 439 g/mol. The lowest BCUT2D eigenvalue weighted by atomic mass is 10.1. The van der Waals surface area contributed by atoms with E-state index >= 15 is 0 Å². The van der Waals surface area contributed by atoms with Crippen molar-refractivity contribution in [3.8, 4) is 5.75 Å². The lowest BCUT2D eigenvalue weighted by Crippen LogP contribution is -2.39. The zero-order valence-electron chi connectivity index (χ0n) is 16.7. The minimum atomic E-state index is 0. The first-order chi connectivity index (χ1) is 12.1. The molecule has 2 rings (SSSR count). The van der Waals surface area contributed by atoms with Gasteiger partial charge in [0, 0.05) is 38.8 Å². The molecule has 0 spiro atoms. The Morgan fingerprint density at radius 2 is 2.00 bits per heavy atom. The Labute approximate surface area is 176 Å². The highest BCUT2D eigenvalue weighted by atomic mass is 127. The fourth-order valence-corrected chi connectivity index (χ4v) is 3.34. The second-order valence-electron chi connectivity index (χ2n) is 6.98. The molecule has 1 saturated heterocycles. The third-order valence-corrected chi connectivity index (χ3v) is 4.62. The van der Waals surface area contributed by atoms with Gasteiger partial charge in [-0.1, -0.05) is 25.1 Å². The monoisotopic (exact) mass is 474 g/mol. The molecule has 5 nitrogen and oxygen atoms in total. The van der Waals surface area contributed by atoms with E-state index in [0.717, 1.165) is 37.9 Å². The first-order valence-electron chi connectivity index (χ1n) is 9.47. The number of aliphatic imine (C=N–C) groups is 1. The third kappa shape index (κ3) is 7.31. The van der Waals surface area contributed by atoms with Crippen LogP contribution in [0.2, 0.25) is 0 Å². The van der Waals surface area contributed by atoms with Gasteiger partial charge in [0.15, 0.2) is 5.96 Å². The summed E-state index contributed by atoms with van der Waals surface area (Å²) >= 11 is 0. The highest BCUT2D eigenvalue weighted by Gasteiger charge is 2.15. The summed E-state index contributed by atoms with van der Waals surface area (Å²) in [6.07, 6.45) is 2.69. The largest absolute Gasteiger partial charge is 0.496 e. The maximum atomic E-state index is 5.47. The van der Waals surface area contributed by atoms with Crippen molar-refractivity contribution in [2.24, 2.45) is 10.9 Å². The summed E-state index contributed by atoms with van der Waals surface area (Å²) in [5, 5.41) is 3.41. The molecule has 0 bridgehead atoms. The Bertz CT molecular complexity index is 546. The summed E-state index contributed by atoms with van der Waals surface area (Å²) in [4.78, 5) is 9.60. The molecule has 1 unspecified atom stereocenters. The summed E-state index contributed by atoms with van der Waals surface area (Å²) in [7, 11) is 3.80. The molecule has 1 aromatic carbocycles. The van der Waals surface area contributed by atoms with Gasteiger partial charge in [-0.2, -0.15) is 0 Å². The van der Waals surface area contributed by atoms with Gasteiger partial charge in [0.05, 0.1) is 7.11 Å². The van der Waals surface area contributed by atoms with Crippen molar-refractivity contribution in [2.75, 3.05) is 46.9 Å². The van der Waals surface area contributed by atoms with Crippen LogP contribution in [0.5, 0.6) is 5.75 Å². The molecule has 148 valence electrons. The number of nitrogens with one attached hydrogen (secondary N) is 1. The molecule has 1 atom stereocenters. The van der Waals surface area contributed by atoms with Crippen molar-refractivity contribution < 1.29 is 4.74 Å². The number of halogens is 1. The van der Waals surface area contributed by atoms with Gasteiger partial charge in [-0.3, -0.25) is 4.99 Å². The van der Waals surface area contributed by atoms with Crippen molar-refractivity contribution in [3.05, 3.63) is 29.8 Å². The van der Waals surface area contributed by atoms with Gasteiger partial charge in [0.1, 0.15) is 5.75 Å². The SMILES string of the molecule is CCNC(=NCC(C)CN1CCCC1)N(C)Cc1ccccc1OC.I. The van der Waals surface area contributed by atoms with Gasteiger partial charge < -0.3 is 19.9 Å². The Balaban J connectivity index is 0.00000338. The average Bonchev–Trinajstić information content (AvgIpc) is 3.11. The smallest absolute Gasteiger partial charge is 0.193 e. The van der Waals surface area contributed by atoms with Crippen LogP contribution in [0, 0.1) is 5.92 Å². The number of benzene rings is 1. The molecule has 0 radical (unpaired) electrons. The third-order valence-electron chi connectivity index (χ3n) is 4.62. The van der Waals surface area contributed by atoms with Crippen LogP contribution in [0.1, 0.15) is 32.3 Å². The van der Waals surface area contributed by atoms with Crippen molar-refractivity contribution in [1.29, 1.82) is 0 Å². The summed E-state index contributed by atoms with van der Waals surface area (Å²) in [6.45, 7) is 10.6. The normalized spacial score (nSPS) is 16.1. The van der Waals surface area contributed by atoms with Crippen LogP contribution in [0.3, 0.4) is 0 Å². The highest BCUT2D eigenvalue weighted by Crippen LogP contribution is 2.18. The van der Waals surface area contributed by atoms with Crippen LogP contribution < -0.4 is 10.1 Å². The lowest BCUT2D eigenvalue weighted by molar-refractivity contribution is 0.291. The number of methoxy groups -OCH3 is 1. The van der Waals surface area contributed by atoms with Gasteiger partial charge in [-0.25, -0.2) is 0 Å². The molecule has 1 aliphatic heterocycles. The van der Waals surface area contributed by atoms with Crippen molar-refractivity contribution in [1.82, 2.24) is 15.1 Å². The van der Waals surface area contributed by atoms with E-state index in [1.807, 2.05) is 18.2 Å². The van der Waals surface area contributed by atoms with Gasteiger partial charge in [-0.05, 0) is 44.8 Å². The predicted octanol–water partition coefficient (Wildman–Crippen LogP) is 3.44. The molecule has 0 saturated carbocycles. The molecule has 0 amide bonds. The molecule has 26 heavy (non-hydrogen) atoms. The van der Waals surface area contributed by atoms with E-state index in [4.69, 9.17) is 9.73 Å². The van der Waals surface area contributed by atoms with Crippen molar-refractivity contribution >= 4 is 29.9 Å². The van der Waals surface area contributed by atoms with Crippen LogP contribution in [0.4, 0.5) is 0 Å². The van der Waals surface area contributed by atoms with E-state index in [9.17, 15) is 0 Å². The van der Waals surface area contributed by atoms with Crippen LogP contribution in [-0.4, -0.2) is 62.6 Å². The zero-order chi connectivity index (χ0) is 18.1. The predicted molar refractivity (Wildman–Crippen MR) is 121 cm³/mol. The van der Waals surface area contributed by atoms with Gasteiger partial charge in [0.2, 0.25) is 0 Å². The average molecular weight is 474 g/mol. The Kier molecular flexibility index (Phi) is 11.0. The quantitative estimate of drug-likeness (QED) is 0.356. The molecule has 1 aliphatic rings. The maximum Gasteiger partial charge on any atom is 0.193 e. The van der Waals surface area contributed by atoms with Gasteiger partial charge >= 0.3 is 0 Å². The minimum Gasteiger partial charge on any atom is -0.496 e. The van der Waals surface area contributed by atoms with E-state index in [2.05, 4.69) is 42.1 Å². The minimum absolute atomic E-state index is 0. The number of likely N-dealkylation sites (tertiary alicyclic amines) is 1. The molecule has 0 aliphatic carbocycles. The second-order valence-corrected chi connectivity index (χ2v) is 6.98. The molecule has 6 heteroatoms. The Morgan fingerprint density at radius 3 is 2.65 bits per heavy atom. The fourth-order valence-electron chi connectivity index (χ4n) is 3.34. The van der Waals surface area contributed by atoms with E-state index in [1.165, 1.54) is 31.5 Å². The number of rotatable bonds is 8.